The quantitative estimate of drug-likeness (QED) is 0.660. The maximum Gasteiger partial charge on any atom is 0.307 e. The molecule has 5 heteroatoms. The van der Waals surface area contributed by atoms with Crippen LogP contribution < -0.4 is 10.8 Å². The predicted octanol–water partition coefficient (Wildman–Crippen LogP) is -1.07. The van der Waals surface area contributed by atoms with E-state index >= 15 is 0 Å². The molecule has 86 valence electrons. The number of carbonyl (C=O) groups is 2. The number of benzene rings is 1. The largest absolute Gasteiger partial charge is 0.548 e. The lowest BCUT2D eigenvalue weighted by atomic mass is 10.0. The lowest BCUT2D eigenvalue weighted by Gasteiger charge is -2.12. The SMILES string of the molecule is N[C@@H](Cc1ccc(CC(=O)O)cc1)C(=O)[O-]. The van der Waals surface area contributed by atoms with Crippen LogP contribution in [0.15, 0.2) is 24.3 Å². The Labute approximate surface area is 92.5 Å². The van der Waals surface area contributed by atoms with Gasteiger partial charge < -0.3 is 20.7 Å². The molecular formula is C11H12NO4-. The van der Waals surface area contributed by atoms with E-state index in [9.17, 15) is 14.7 Å². The van der Waals surface area contributed by atoms with Crippen molar-refractivity contribution in [3.63, 3.8) is 0 Å². The van der Waals surface area contributed by atoms with Gasteiger partial charge in [0.15, 0.2) is 0 Å². The average molecular weight is 222 g/mol. The summed E-state index contributed by atoms with van der Waals surface area (Å²) >= 11 is 0. The first-order valence-electron chi connectivity index (χ1n) is 4.75. The molecule has 0 amide bonds. The zero-order chi connectivity index (χ0) is 12.1. The van der Waals surface area contributed by atoms with Gasteiger partial charge in [-0.05, 0) is 17.5 Å². The number of aliphatic carboxylic acids is 2. The van der Waals surface area contributed by atoms with E-state index in [1.165, 1.54) is 0 Å². The summed E-state index contributed by atoms with van der Waals surface area (Å²) in [6, 6.07) is 5.59. The Kier molecular flexibility index (Phi) is 4.02. The Morgan fingerprint density at radius 1 is 1.25 bits per heavy atom. The molecular weight excluding hydrogens is 210 g/mol. The minimum absolute atomic E-state index is 0.0488. The van der Waals surface area contributed by atoms with E-state index in [4.69, 9.17) is 10.8 Å². The van der Waals surface area contributed by atoms with Crippen LogP contribution in [0.25, 0.3) is 0 Å². The van der Waals surface area contributed by atoms with Gasteiger partial charge in [-0.1, -0.05) is 24.3 Å². The van der Waals surface area contributed by atoms with Crippen molar-refractivity contribution >= 4 is 11.9 Å². The molecule has 5 nitrogen and oxygen atoms in total. The second-order valence-corrected chi connectivity index (χ2v) is 3.52. The molecule has 0 aliphatic rings. The van der Waals surface area contributed by atoms with E-state index in [-0.39, 0.29) is 12.8 Å². The summed E-state index contributed by atoms with van der Waals surface area (Å²) in [5.74, 6) is -2.20. The summed E-state index contributed by atoms with van der Waals surface area (Å²) in [7, 11) is 0. The van der Waals surface area contributed by atoms with Crippen LogP contribution in [0.5, 0.6) is 0 Å². The molecule has 0 spiro atoms. The Morgan fingerprint density at radius 2 is 1.75 bits per heavy atom. The lowest BCUT2D eigenvalue weighted by Crippen LogP contribution is -2.43. The Morgan fingerprint density at radius 3 is 2.19 bits per heavy atom. The van der Waals surface area contributed by atoms with Gasteiger partial charge in [-0.25, -0.2) is 0 Å². The van der Waals surface area contributed by atoms with Crippen molar-refractivity contribution in [2.75, 3.05) is 0 Å². The van der Waals surface area contributed by atoms with Crippen LogP contribution in [0.3, 0.4) is 0 Å². The molecule has 0 heterocycles. The van der Waals surface area contributed by atoms with Gasteiger partial charge in [0.2, 0.25) is 0 Å². The summed E-state index contributed by atoms with van der Waals surface area (Å²) < 4.78 is 0. The van der Waals surface area contributed by atoms with Gasteiger partial charge in [0.25, 0.3) is 0 Å². The number of carboxylic acids is 2. The van der Waals surface area contributed by atoms with Gasteiger partial charge in [-0.15, -0.1) is 0 Å². The molecule has 0 unspecified atom stereocenters. The molecule has 16 heavy (non-hydrogen) atoms. The average Bonchev–Trinajstić information content (AvgIpc) is 2.20. The highest BCUT2D eigenvalue weighted by Gasteiger charge is 2.05. The summed E-state index contributed by atoms with van der Waals surface area (Å²) in [5, 5.41) is 19.0. The van der Waals surface area contributed by atoms with Gasteiger partial charge in [0.05, 0.1) is 12.4 Å². The van der Waals surface area contributed by atoms with Crippen LogP contribution >= 0.6 is 0 Å². The molecule has 0 aliphatic heterocycles. The first-order valence-corrected chi connectivity index (χ1v) is 4.75. The minimum atomic E-state index is -1.30. The normalized spacial score (nSPS) is 12.1. The van der Waals surface area contributed by atoms with Crippen LogP contribution in [0.1, 0.15) is 11.1 Å². The van der Waals surface area contributed by atoms with Crippen molar-refractivity contribution in [1.29, 1.82) is 0 Å². The van der Waals surface area contributed by atoms with E-state index < -0.39 is 18.0 Å². The number of carboxylic acid groups (broad SMARTS) is 2. The van der Waals surface area contributed by atoms with Crippen molar-refractivity contribution in [1.82, 2.24) is 0 Å². The standard InChI is InChI=1S/C11H13NO4/c12-9(11(15)16)5-7-1-3-8(4-2-7)6-10(13)14/h1-4,9H,5-6,12H2,(H,13,14)(H,15,16)/p-1/t9-/m0/s1. The fraction of sp³-hybridized carbons (Fsp3) is 0.273. The van der Waals surface area contributed by atoms with Crippen molar-refractivity contribution in [2.45, 2.75) is 18.9 Å². The lowest BCUT2D eigenvalue weighted by molar-refractivity contribution is -0.307. The third-order valence-electron chi connectivity index (χ3n) is 2.14. The molecule has 0 aromatic heterocycles. The molecule has 1 aromatic carbocycles. The molecule has 1 rings (SSSR count). The monoisotopic (exact) mass is 222 g/mol. The Balaban J connectivity index is 2.64. The molecule has 1 atom stereocenters. The van der Waals surface area contributed by atoms with Gasteiger partial charge >= 0.3 is 5.97 Å². The first-order chi connectivity index (χ1) is 7.49. The van der Waals surface area contributed by atoms with Crippen LogP contribution in [-0.4, -0.2) is 23.1 Å². The Hall–Kier alpha value is -1.88. The van der Waals surface area contributed by atoms with Crippen LogP contribution in [0, 0.1) is 0 Å². The maximum absolute atomic E-state index is 10.4. The van der Waals surface area contributed by atoms with E-state index in [0.29, 0.717) is 5.56 Å². The zero-order valence-corrected chi connectivity index (χ0v) is 8.55. The summed E-state index contributed by atoms with van der Waals surface area (Å²) in [6.07, 6.45) is 0.127. The fourth-order valence-corrected chi connectivity index (χ4v) is 1.31. The second kappa shape index (κ2) is 5.27. The fourth-order valence-electron chi connectivity index (χ4n) is 1.31. The van der Waals surface area contributed by atoms with Gasteiger partial charge in [0.1, 0.15) is 0 Å². The molecule has 3 N–H and O–H groups in total. The zero-order valence-electron chi connectivity index (χ0n) is 8.55. The van der Waals surface area contributed by atoms with Crippen molar-refractivity contribution in [3.05, 3.63) is 35.4 Å². The maximum atomic E-state index is 10.4. The number of hydrogen-bond acceptors (Lipinski definition) is 4. The molecule has 0 fully saturated rings. The number of rotatable bonds is 5. The summed E-state index contributed by atoms with van der Waals surface area (Å²) in [5.41, 5.74) is 6.72. The van der Waals surface area contributed by atoms with Gasteiger partial charge in [-0.3, -0.25) is 4.79 Å². The number of carbonyl (C=O) groups excluding carboxylic acids is 1. The van der Waals surface area contributed by atoms with Crippen molar-refractivity contribution in [2.24, 2.45) is 5.73 Å². The minimum Gasteiger partial charge on any atom is -0.548 e. The highest BCUT2D eigenvalue weighted by Crippen LogP contribution is 2.07. The van der Waals surface area contributed by atoms with Gasteiger partial charge in [0, 0.05) is 6.04 Å². The third kappa shape index (κ3) is 3.70. The van der Waals surface area contributed by atoms with E-state index in [1.54, 1.807) is 24.3 Å². The van der Waals surface area contributed by atoms with Crippen LogP contribution in [0.2, 0.25) is 0 Å². The second-order valence-electron chi connectivity index (χ2n) is 3.52. The van der Waals surface area contributed by atoms with E-state index in [1.807, 2.05) is 0 Å². The first kappa shape index (κ1) is 12.2. The Bertz CT molecular complexity index is 385. The molecule has 0 saturated carbocycles. The molecule has 0 saturated heterocycles. The predicted molar refractivity (Wildman–Crippen MR) is 54.5 cm³/mol. The summed E-state index contributed by atoms with van der Waals surface area (Å²) in [4.78, 5) is 20.8. The highest BCUT2D eigenvalue weighted by atomic mass is 16.4. The topological polar surface area (TPSA) is 103 Å². The van der Waals surface area contributed by atoms with Crippen molar-refractivity contribution < 1.29 is 19.8 Å². The van der Waals surface area contributed by atoms with Gasteiger partial charge in [-0.2, -0.15) is 0 Å². The highest BCUT2D eigenvalue weighted by molar-refractivity contribution is 5.71. The molecule has 1 aromatic rings. The molecule has 0 aliphatic carbocycles. The van der Waals surface area contributed by atoms with E-state index in [2.05, 4.69) is 0 Å². The van der Waals surface area contributed by atoms with Crippen LogP contribution in [0.4, 0.5) is 0 Å². The molecule has 0 bridgehead atoms. The summed E-state index contributed by atoms with van der Waals surface area (Å²) in [6.45, 7) is 0. The molecule has 0 radical (unpaired) electrons. The van der Waals surface area contributed by atoms with Crippen LogP contribution in [-0.2, 0) is 22.4 Å². The van der Waals surface area contributed by atoms with Crippen molar-refractivity contribution in [3.8, 4) is 0 Å². The number of nitrogens with two attached hydrogens (primary N) is 1. The smallest absolute Gasteiger partial charge is 0.307 e. The number of hydrogen-bond donors (Lipinski definition) is 2. The third-order valence-corrected chi connectivity index (χ3v) is 2.14. The van der Waals surface area contributed by atoms with E-state index in [0.717, 1.165) is 5.56 Å².